The summed E-state index contributed by atoms with van der Waals surface area (Å²) in [7, 11) is 1.45. The minimum atomic E-state index is -0.374. The second-order valence-electron chi connectivity index (χ2n) is 4.01. The summed E-state index contributed by atoms with van der Waals surface area (Å²) < 4.78 is 18.5. The van der Waals surface area contributed by atoms with Gasteiger partial charge in [0.1, 0.15) is 0 Å². The van der Waals surface area contributed by atoms with Gasteiger partial charge in [-0.1, -0.05) is 13.0 Å². The third-order valence-electron chi connectivity index (χ3n) is 2.80. The number of aromatic nitrogens is 2. The first-order chi connectivity index (χ1) is 9.26. The molecule has 0 radical (unpaired) electrons. The van der Waals surface area contributed by atoms with Gasteiger partial charge in [0, 0.05) is 12.4 Å². The summed E-state index contributed by atoms with van der Waals surface area (Å²) >= 11 is 0. The molecule has 100 valence electrons. The molecule has 19 heavy (non-hydrogen) atoms. The molecule has 0 aliphatic rings. The first-order valence-corrected chi connectivity index (χ1v) is 6.09. The fraction of sp³-hybridized carbons (Fsp3) is 0.286. The Bertz CT molecular complexity index is 533. The molecule has 0 fully saturated rings. The van der Waals surface area contributed by atoms with Gasteiger partial charge in [-0.2, -0.15) is 0 Å². The first kappa shape index (κ1) is 13.4. The highest BCUT2D eigenvalue weighted by molar-refractivity contribution is 5.35. The van der Waals surface area contributed by atoms with Crippen molar-refractivity contribution in [2.75, 3.05) is 13.7 Å². The lowest BCUT2D eigenvalue weighted by Gasteiger charge is -2.18. The lowest BCUT2D eigenvalue weighted by molar-refractivity contribution is 0.385. The maximum atomic E-state index is 13.4. The van der Waals surface area contributed by atoms with Crippen LogP contribution in [0.2, 0.25) is 0 Å². The maximum absolute atomic E-state index is 13.4. The second-order valence-corrected chi connectivity index (χ2v) is 4.01. The summed E-state index contributed by atoms with van der Waals surface area (Å²) in [6, 6.07) is 4.67. The molecule has 0 aliphatic carbocycles. The van der Waals surface area contributed by atoms with Crippen LogP contribution in [0.3, 0.4) is 0 Å². The Morgan fingerprint density at radius 2 is 2.21 bits per heavy atom. The van der Waals surface area contributed by atoms with Gasteiger partial charge in [-0.25, -0.2) is 4.39 Å². The average Bonchev–Trinajstić information content (AvgIpc) is 2.46. The van der Waals surface area contributed by atoms with Crippen molar-refractivity contribution in [2.45, 2.75) is 13.0 Å². The van der Waals surface area contributed by atoms with Gasteiger partial charge >= 0.3 is 0 Å². The van der Waals surface area contributed by atoms with Gasteiger partial charge < -0.3 is 10.1 Å². The van der Waals surface area contributed by atoms with Crippen molar-refractivity contribution in [1.29, 1.82) is 0 Å². The molecule has 2 rings (SSSR count). The van der Waals surface area contributed by atoms with E-state index in [-0.39, 0.29) is 17.6 Å². The van der Waals surface area contributed by atoms with E-state index in [4.69, 9.17) is 4.74 Å². The number of nitrogens with zero attached hydrogens (tertiary/aromatic N) is 2. The molecule has 0 aliphatic heterocycles. The summed E-state index contributed by atoms with van der Waals surface area (Å²) in [5, 5.41) is 3.31. The topological polar surface area (TPSA) is 47.0 Å². The lowest BCUT2D eigenvalue weighted by Crippen LogP contribution is -2.23. The van der Waals surface area contributed by atoms with Crippen LogP contribution in [-0.2, 0) is 0 Å². The highest BCUT2D eigenvalue weighted by Crippen LogP contribution is 2.25. The van der Waals surface area contributed by atoms with Crippen LogP contribution in [0.15, 0.2) is 36.8 Å². The molecule has 1 aromatic carbocycles. The quantitative estimate of drug-likeness (QED) is 0.897. The number of benzene rings is 1. The normalized spacial score (nSPS) is 12.2. The molecule has 0 amide bonds. The summed E-state index contributed by atoms with van der Waals surface area (Å²) in [5.41, 5.74) is 1.68. The Morgan fingerprint density at radius 1 is 1.37 bits per heavy atom. The Kier molecular flexibility index (Phi) is 4.41. The van der Waals surface area contributed by atoms with Gasteiger partial charge in [0.2, 0.25) is 0 Å². The Morgan fingerprint density at radius 3 is 2.84 bits per heavy atom. The highest BCUT2D eigenvalue weighted by atomic mass is 19.1. The van der Waals surface area contributed by atoms with Crippen molar-refractivity contribution in [1.82, 2.24) is 15.3 Å². The Labute approximate surface area is 111 Å². The SMILES string of the molecule is CCNC(c1ccc(F)c(OC)c1)c1cnccn1. The van der Waals surface area contributed by atoms with E-state index in [2.05, 4.69) is 15.3 Å². The molecule has 0 spiro atoms. The van der Waals surface area contributed by atoms with Gasteiger partial charge in [0.05, 0.1) is 25.0 Å². The third-order valence-corrected chi connectivity index (χ3v) is 2.80. The number of halogens is 1. The van der Waals surface area contributed by atoms with Crippen LogP contribution in [-0.4, -0.2) is 23.6 Å². The maximum Gasteiger partial charge on any atom is 0.165 e. The monoisotopic (exact) mass is 261 g/mol. The van der Waals surface area contributed by atoms with Crippen molar-refractivity contribution in [2.24, 2.45) is 0 Å². The van der Waals surface area contributed by atoms with Crippen molar-refractivity contribution < 1.29 is 9.13 Å². The zero-order chi connectivity index (χ0) is 13.7. The largest absolute Gasteiger partial charge is 0.494 e. The fourth-order valence-corrected chi connectivity index (χ4v) is 1.91. The number of methoxy groups -OCH3 is 1. The number of hydrogen-bond acceptors (Lipinski definition) is 4. The summed E-state index contributed by atoms with van der Waals surface area (Å²) in [6.07, 6.45) is 4.96. The highest BCUT2D eigenvalue weighted by Gasteiger charge is 2.16. The van der Waals surface area contributed by atoms with Gasteiger partial charge in [-0.15, -0.1) is 0 Å². The predicted octanol–water partition coefficient (Wildman–Crippen LogP) is 2.32. The van der Waals surface area contributed by atoms with Gasteiger partial charge in [0.15, 0.2) is 11.6 Å². The van der Waals surface area contributed by atoms with Crippen LogP contribution in [0.5, 0.6) is 5.75 Å². The molecule has 1 aromatic heterocycles. The number of ether oxygens (including phenoxy) is 1. The number of nitrogens with one attached hydrogen (secondary N) is 1. The predicted molar refractivity (Wildman–Crippen MR) is 70.5 cm³/mol. The van der Waals surface area contributed by atoms with E-state index in [1.54, 1.807) is 30.7 Å². The lowest BCUT2D eigenvalue weighted by atomic mass is 10.0. The van der Waals surface area contributed by atoms with E-state index in [9.17, 15) is 4.39 Å². The van der Waals surface area contributed by atoms with E-state index in [0.29, 0.717) is 0 Å². The second kappa shape index (κ2) is 6.24. The van der Waals surface area contributed by atoms with Crippen LogP contribution in [0.4, 0.5) is 4.39 Å². The van der Waals surface area contributed by atoms with Crippen molar-refractivity contribution in [3.8, 4) is 5.75 Å². The van der Waals surface area contributed by atoms with Crippen LogP contribution >= 0.6 is 0 Å². The van der Waals surface area contributed by atoms with Gasteiger partial charge in [-0.05, 0) is 24.2 Å². The molecular formula is C14H16FN3O. The molecule has 1 atom stereocenters. The Balaban J connectivity index is 2.39. The molecule has 2 aromatic rings. The molecule has 0 saturated carbocycles. The fourth-order valence-electron chi connectivity index (χ4n) is 1.91. The van der Waals surface area contributed by atoms with E-state index in [1.807, 2.05) is 6.92 Å². The van der Waals surface area contributed by atoms with Gasteiger partial charge in [-0.3, -0.25) is 9.97 Å². The minimum Gasteiger partial charge on any atom is -0.494 e. The smallest absolute Gasteiger partial charge is 0.165 e. The van der Waals surface area contributed by atoms with E-state index in [0.717, 1.165) is 17.8 Å². The van der Waals surface area contributed by atoms with Crippen molar-refractivity contribution >= 4 is 0 Å². The average molecular weight is 261 g/mol. The molecular weight excluding hydrogens is 245 g/mol. The molecule has 1 unspecified atom stereocenters. The van der Waals surface area contributed by atoms with Crippen molar-refractivity contribution in [3.05, 3.63) is 53.9 Å². The molecule has 4 nitrogen and oxygen atoms in total. The standard InChI is InChI=1S/C14H16FN3O/c1-3-17-14(12-9-16-6-7-18-12)10-4-5-11(15)13(8-10)19-2/h4-9,14,17H,3H2,1-2H3. The van der Waals surface area contributed by atoms with Crippen LogP contribution in [0, 0.1) is 5.82 Å². The molecule has 1 N–H and O–H groups in total. The zero-order valence-electron chi connectivity index (χ0n) is 10.9. The number of rotatable bonds is 5. The number of hydrogen-bond donors (Lipinski definition) is 1. The molecule has 0 bridgehead atoms. The first-order valence-electron chi connectivity index (χ1n) is 6.09. The minimum absolute atomic E-state index is 0.131. The Hall–Kier alpha value is -2.01. The summed E-state index contributed by atoms with van der Waals surface area (Å²) in [4.78, 5) is 8.36. The molecule has 5 heteroatoms. The van der Waals surface area contributed by atoms with Crippen LogP contribution in [0.25, 0.3) is 0 Å². The van der Waals surface area contributed by atoms with Crippen molar-refractivity contribution in [3.63, 3.8) is 0 Å². The summed E-state index contributed by atoms with van der Waals surface area (Å²) in [6.45, 7) is 2.77. The van der Waals surface area contributed by atoms with Crippen LogP contribution < -0.4 is 10.1 Å². The third kappa shape index (κ3) is 3.06. The summed E-state index contributed by atoms with van der Waals surface area (Å²) in [5.74, 6) is -0.148. The molecule has 0 saturated heterocycles. The van der Waals surface area contributed by atoms with E-state index in [1.165, 1.54) is 13.2 Å². The van der Waals surface area contributed by atoms with E-state index >= 15 is 0 Å². The van der Waals surface area contributed by atoms with E-state index < -0.39 is 0 Å². The van der Waals surface area contributed by atoms with Gasteiger partial charge in [0.25, 0.3) is 0 Å². The van der Waals surface area contributed by atoms with Crippen LogP contribution in [0.1, 0.15) is 24.2 Å². The molecule has 1 heterocycles. The zero-order valence-corrected chi connectivity index (χ0v) is 10.9.